The van der Waals surface area contributed by atoms with Gasteiger partial charge in [0.05, 0.1) is 18.8 Å². The summed E-state index contributed by atoms with van der Waals surface area (Å²) in [5.41, 5.74) is 1.90. The molecule has 1 aliphatic heterocycles. The number of thioether (sulfide) groups is 1. The molecular formula is C20H21ClN2O2S. The van der Waals surface area contributed by atoms with Crippen molar-refractivity contribution in [1.82, 2.24) is 0 Å². The van der Waals surface area contributed by atoms with Gasteiger partial charge in [-0.05, 0) is 55.3 Å². The molecule has 2 aromatic rings. The van der Waals surface area contributed by atoms with Gasteiger partial charge in [0, 0.05) is 17.2 Å². The van der Waals surface area contributed by atoms with Crippen molar-refractivity contribution in [3.05, 3.63) is 59.1 Å². The number of nitrogens with zero attached hydrogens (tertiary/aromatic N) is 2. The maximum Gasteiger partial charge on any atom is 0.233 e. The van der Waals surface area contributed by atoms with E-state index in [9.17, 15) is 4.79 Å². The Kier molecular flexibility index (Phi) is 6.22. The monoisotopic (exact) mass is 388 g/mol. The number of carbonyl (C=O) groups is 1. The summed E-state index contributed by atoms with van der Waals surface area (Å²) in [6.45, 7) is 2.06. The minimum atomic E-state index is 0.0310. The largest absolute Gasteiger partial charge is 0.497 e. The van der Waals surface area contributed by atoms with E-state index in [2.05, 4.69) is 11.9 Å². The normalized spacial score (nSPS) is 16.3. The van der Waals surface area contributed by atoms with E-state index < -0.39 is 0 Å². The molecule has 4 nitrogen and oxygen atoms in total. The molecule has 0 spiro atoms. The van der Waals surface area contributed by atoms with Gasteiger partial charge in [-0.25, -0.2) is 0 Å². The molecule has 3 rings (SSSR count). The molecule has 1 aliphatic rings. The number of hydrogen-bond acceptors (Lipinski definition) is 4. The lowest BCUT2D eigenvalue weighted by molar-refractivity contribution is -0.117. The average molecular weight is 389 g/mol. The number of ether oxygens (including phenoxy) is 1. The number of amides is 1. The first-order chi connectivity index (χ1) is 12.6. The molecule has 0 radical (unpaired) electrons. The van der Waals surface area contributed by atoms with Crippen LogP contribution in [-0.4, -0.2) is 30.0 Å². The SMILES string of the molecule is COc1ccc(CCC(=O)N(C2=NC(C)CS2)c2ccc(Cl)cc2)cc1. The van der Waals surface area contributed by atoms with E-state index in [0.29, 0.717) is 17.9 Å². The molecule has 136 valence electrons. The summed E-state index contributed by atoms with van der Waals surface area (Å²) in [5, 5.41) is 1.41. The van der Waals surface area contributed by atoms with Gasteiger partial charge in [-0.2, -0.15) is 0 Å². The molecule has 2 aromatic carbocycles. The first-order valence-corrected chi connectivity index (χ1v) is 9.85. The van der Waals surface area contributed by atoms with Crippen molar-refractivity contribution in [3.8, 4) is 5.75 Å². The van der Waals surface area contributed by atoms with Crippen LogP contribution in [0.4, 0.5) is 5.69 Å². The summed E-state index contributed by atoms with van der Waals surface area (Å²) in [4.78, 5) is 19.3. The zero-order valence-electron chi connectivity index (χ0n) is 14.8. The number of carbonyl (C=O) groups excluding carboxylic acids is 1. The number of hydrogen-bond donors (Lipinski definition) is 0. The molecule has 0 bridgehead atoms. The van der Waals surface area contributed by atoms with Crippen molar-refractivity contribution in [2.75, 3.05) is 17.8 Å². The Labute approximate surface area is 163 Å². The number of aryl methyl sites for hydroxylation is 1. The van der Waals surface area contributed by atoms with E-state index in [1.807, 2.05) is 36.4 Å². The molecule has 0 saturated carbocycles. The second-order valence-electron chi connectivity index (χ2n) is 6.13. The molecule has 1 amide bonds. The van der Waals surface area contributed by atoms with Crippen molar-refractivity contribution in [3.63, 3.8) is 0 Å². The van der Waals surface area contributed by atoms with Gasteiger partial charge in [-0.15, -0.1) is 0 Å². The van der Waals surface area contributed by atoms with E-state index in [0.717, 1.165) is 27.9 Å². The molecule has 1 heterocycles. The zero-order valence-corrected chi connectivity index (χ0v) is 16.4. The predicted octanol–water partition coefficient (Wildman–Crippen LogP) is 4.81. The zero-order chi connectivity index (χ0) is 18.5. The summed E-state index contributed by atoms with van der Waals surface area (Å²) >= 11 is 7.61. The summed E-state index contributed by atoms with van der Waals surface area (Å²) in [6, 6.07) is 15.3. The molecule has 0 aromatic heterocycles. The molecule has 1 unspecified atom stereocenters. The van der Waals surface area contributed by atoms with Gasteiger partial charge in [0.2, 0.25) is 5.91 Å². The highest BCUT2D eigenvalue weighted by Crippen LogP contribution is 2.27. The fraction of sp³-hybridized carbons (Fsp3) is 0.300. The first-order valence-electron chi connectivity index (χ1n) is 8.49. The van der Waals surface area contributed by atoms with Crippen LogP contribution in [0, 0.1) is 0 Å². The molecule has 0 N–H and O–H groups in total. The number of benzene rings is 2. The topological polar surface area (TPSA) is 41.9 Å². The summed E-state index contributed by atoms with van der Waals surface area (Å²) in [7, 11) is 1.64. The molecule has 0 aliphatic carbocycles. The number of halogens is 1. The minimum Gasteiger partial charge on any atom is -0.497 e. The fourth-order valence-electron chi connectivity index (χ4n) is 2.69. The average Bonchev–Trinajstić information content (AvgIpc) is 3.08. The molecule has 6 heteroatoms. The summed E-state index contributed by atoms with van der Waals surface area (Å²) < 4.78 is 5.17. The van der Waals surface area contributed by atoms with Crippen molar-refractivity contribution >= 4 is 40.1 Å². The molecule has 1 atom stereocenters. The van der Waals surface area contributed by atoms with Crippen LogP contribution in [0.25, 0.3) is 0 Å². The molecular weight excluding hydrogens is 368 g/mol. The van der Waals surface area contributed by atoms with E-state index in [4.69, 9.17) is 16.3 Å². The van der Waals surface area contributed by atoms with Crippen LogP contribution in [-0.2, 0) is 11.2 Å². The highest BCUT2D eigenvalue weighted by atomic mass is 35.5. The third-order valence-electron chi connectivity index (χ3n) is 4.10. The van der Waals surface area contributed by atoms with Gasteiger partial charge < -0.3 is 4.74 Å². The minimum absolute atomic E-state index is 0.0310. The number of rotatable bonds is 5. The molecule has 0 saturated heterocycles. The lowest BCUT2D eigenvalue weighted by atomic mass is 10.1. The van der Waals surface area contributed by atoms with Gasteiger partial charge in [-0.1, -0.05) is 35.5 Å². The van der Waals surface area contributed by atoms with Gasteiger partial charge in [0.15, 0.2) is 5.17 Å². The third-order valence-corrected chi connectivity index (χ3v) is 5.54. The smallest absolute Gasteiger partial charge is 0.233 e. The summed E-state index contributed by atoms with van der Waals surface area (Å²) in [6.07, 6.45) is 1.07. The van der Waals surface area contributed by atoms with Crippen LogP contribution in [0.15, 0.2) is 53.5 Å². The molecule has 26 heavy (non-hydrogen) atoms. The van der Waals surface area contributed by atoms with Crippen LogP contribution in [0.3, 0.4) is 0 Å². The highest BCUT2D eigenvalue weighted by molar-refractivity contribution is 8.14. The second-order valence-corrected chi connectivity index (χ2v) is 7.55. The maximum absolute atomic E-state index is 13.0. The second kappa shape index (κ2) is 8.60. The number of aliphatic imine (C=N–C) groups is 1. The van der Waals surface area contributed by atoms with Crippen LogP contribution in [0.5, 0.6) is 5.75 Å². The highest BCUT2D eigenvalue weighted by Gasteiger charge is 2.26. The predicted molar refractivity (Wildman–Crippen MR) is 110 cm³/mol. The quantitative estimate of drug-likeness (QED) is 0.738. The number of anilines is 1. The van der Waals surface area contributed by atoms with E-state index >= 15 is 0 Å². The summed E-state index contributed by atoms with van der Waals surface area (Å²) in [5.74, 6) is 1.74. The Hall–Kier alpha value is -1.98. The van der Waals surface area contributed by atoms with Gasteiger partial charge in [-0.3, -0.25) is 14.7 Å². The van der Waals surface area contributed by atoms with Crippen LogP contribution in [0.1, 0.15) is 18.9 Å². The molecule has 0 fully saturated rings. The standard InChI is InChI=1S/C20H21ClN2O2S/c1-14-13-26-20(22-14)23(17-8-6-16(21)7-9-17)19(24)12-5-15-3-10-18(25-2)11-4-15/h3-4,6-11,14H,5,12-13H2,1-2H3. The van der Waals surface area contributed by atoms with Gasteiger partial charge >= 0.3 is 0 Å². The lowest BCUT2D eigenvalue weighted by Gasteiger charge is -2.22. The van der Waals surface area contributed by atoms with E-state index in [1.165, 1.54) is 0 Å². The van der Waals surface area contributed by atoms with Crippen LogP contribution >= 0.6 is 23.4 Å². The lowest BCUT2D eigenvalue weighted by Crippen LogP contribution is -2.34. The van der Waals surface area contributed by atoms with E-state index in [-0.39, 0.29) is 11.9 Å². The Morgan fingerprint density at radius 1 is 1.23 bits per heavy atom. The van der Waals surface area contributed by atoms with Crippen LogP contribution < -0.4 is 9.64 Å². The Bertz CT molecular complexity index is 790. The third kappa shape index (κ3) is 4.59. The van der Waals surface area contributed by atoms with E-state index in [1.54, 1.807) is 35.9 Å². The Morgan fingerprint density at radius 2 is 1.92 bits per heavy atom. The van der Waals surface area contributed by atoms with Crippen molar-refractivity contribution in [2.45, 2.75) is 25.8 Å². The van der Waals surface area contributed by atoms with Gasteiger partial charge in [0.25, 0.3) is 0 Å². The Balaban J connectivity index is 1.76. The van der Waals surface area contributed by atoms with Crippen molar-refractivity contribution < 1.29 is 9.53 Å². The Morgan fingerprint density at radius 3 is 2.50 bits per heavy atom. The van der Waals surface area contributed by atoms with Crippen molar-refractivity contribution in [1.29, 1.82) is 0 Å². The fourth-order valence-corrected chi connectivity index (χ4v) is 3.87. The number of amidine groups is 1. The van der Waals surface area contributed by atoms with Crippen molar-refractivity contribution in [2.24, 2.45) is 4.99 Å². The maximum atomic E-state index is 13.0. The first kappa shape index (κ1) is 18.8. The van der Waals surface area contributed by atoms with Gasteiger partial charge in [0.1, 0.15) is 5.75 Å². The number of methoxy groups -OCH3 is 1. The van der Waals surface area contributed by atoms with Crippen LogP contribution in [0.2, 0.25) is 5.02 Å².